The van der Waals surface area contributed by atoms with E-state index in [4.69, 9.17) is 9.47 Å². The van der Waals surface area contributed by atoms with Crippen molar-refractivity contribution in [2.75, 3.05) is 13.7 Å². The minimum atomic E-state index is -1.69. The Bertz CT molecular complexity index is 1010. The Hall–Kier alpha value is -3.66. The number of carboxylic acid groups (broad SMARTS) is 1. The van der Waals surface area contributed by atoms with E-state index in [0.29, 0.717) is 0 Å². The third kappa shape index (κ3) is 4.29. The molecule has 164 valence electrons. The van der Waals surface area contributed by atoms with Gasteiger partial charge in [-0.1, -0.05) is 30.3 Å². The smallest absolute Gasteiger partial charge is 0.329 e. The molecule has 0 aromatic heterocycles. The van der Waals surface area contributed by atoms with Gasteiger partial charge in [0.25, 0.3) is 11.6 Å². The number of nitro groups is 1. The Kier molecular flexibility index (Phi) is 6.11. The number of benzene rings is 2. The summed E-state index contributed by atoms with van der Waals surface area (Å²) in [6, 6.07) is 11.4. The molecule has 3 rings (SSSR count). The zero-order valence-corrected chi connectivity index (χ0v) is 17.0. The van der Waals surface area contributed by atoms with Gasteiger partial charge in [0.2, 0.25) is 0 Å². The number of carboxylic acids is 1. The van der Waals surface area contributed by atoms with Crippen molar-refractivity contribution >= 4 is 17.6 Å². The van der Waals surface area contributed by atoms with Gasteiger partial charge in [-0.3, -0.25) is 14.9 Å². The summed E-state index contributed by atoms with van der Waals surface area (Å²) in [5, 5.41) is 31.2. The molecule has 2 aromatic rings. The molecule has 10 nitrogen and oxygen atoms in total. The normalized spacial score (nSPS) is 20.4. The molecule has 31 heavy (non-hydrogen) atoms. The van der Waals surface area contributed by atoms with E-state index in [-0.39, 0.29) is 36.6 Å². The summed E-state index contributed by atoms with van der Waals surface area (Å²) in [5.41, 5.74) is -1.77. The second-order valence-corrected chi connectivity index (χ2v) is 7.40. The fraction of sp³-hybridized carbons (Fsp3) is 0.333. The van der Waals surface area contributed by atoms with E-state index in [1.807, 2.05) is 30.3 Å². The zero-order chi connectivity index (χ0) is 22.8. The van der Waals surface area contributed by atoms with Crippen molar-refractivity contribution < 1.29 is 34.2 Å². The molecule has 1 heterocycles. The monoisotopic (exact) mass is 430 g/mol. The quantitative estimate of drug-likeness (QED) is 0.503. The van der Waals surface area contributed by atoms with Gasteiger partial charge in [-0.25, -0.2) is 4.79 Å². The number of aliphatic hydroxyl groups excluding tert-OH is 1. The van der Waals surface area contributed by atoms with Crippen molar-refractivity contribution in [3.8, 4) is 11.5 Å². The maximum atomic E-state index is 13.1. The first-order chi connectivity index (χ1) is 14.7. The number of β-amino-alcohol motifs (C(OH)–C–C–N with tert-alkyl or cyclic N) is 1. The number of rotatable bonds is 7. The van der Waals surface area contributed by atoms with Crippen LogP contribution < -0.4 is 9.47 Å². The van der Waals surface area contributed by atoms with Crippen LogP contribution in [0.3, 0.4) is 0 Å². The van der Waals surface area contributed by atoms with Crippen LogP contribution in [0.2, 0.25) is 0 Å². The van der Waals surface area contributed by atoms with E-state index < -0.39 is 34.1 Å². The van der Waals surface area contributed by atoms with Gasteiger partial charge in [0.05, 0.1) is 24.2 Å². The van der Waals surface area contributed by atoms with Crippen LogP contribution in [-0.2, 0) is 11.4 Å². The first-order valence-electron chi connectivity index (χ1n) is 9.44. The summed E-state index contributed by atoms with van der Waals surface area (Å²) < 4.78 is 10.9. The lowest BCUT2D eigenvalue weighted by atomic mass is 9.97. The number of carbonyl (C=O) groups is 2. The number of nitro benzene ring substituents is 1. The maximum absolute atomic E-state index is 13.1. The molecule has 1 fully saturated rings. The SMILES string of the molecule is COc1cc(C(=O)N2CC(O)C[C@@]2(C)C(=O)O)c([N+](=O)[O-])cc1OCc1ccccc1. The zero-order valence-electron chi connectivity index (χ0n) is 17.0. The molecule has 0 saturated carbocycles. The summed E-state index contributed by atoms with van der Waals surface area (Å²) in [5.74, 6) is -2.05. The topological polar surface area (TPSA) is 139 Å². The number of amides is 1. The average Bonchev–Trinajstić information content (AvgIpc) is 3.07. The van der Waals surface area contributed by atoms with Crippen molar-refractivity contribution in [2.45, 2.75) is 31.6 Å². The number of likely N-dealkylation sites (tertiary alicyclic amines) is 1. The van der Waals surface area contributed by atoms with Gasteiger partial charge in [0.15, 0.2) is 11.5 Å². The second-order valence-electron chi connectivity index (χ2n) is 7.40. The third-order valence-electron chi connectivity index (χ3n) is 5.27. The van der Waals surface area contributed by atoms with E-state index >= 15 is 0 Å². The molecule has 1 aliphatic rings. The van der Waals surface area contributed by atoms with E-state index in [1.54, 1.807) is 0 Å². The summed E-state index contributed by atoms with van der Waals surface area (Å²) in [6.45, 7) is 1.16. The van der Waals surface area contributed by atoms with Gasteiger partial charge in [0.1, 0.15) is 17.7 Å². The number of hydrogen-bond acceptors (Lipinski definition) is 7. The highest BCUT2D eigenvalue weighted by atomic mass is 16.6. The lowest BCUT2D eigenvalue weighted by molar-refractivity contribution is -0.385. The predicted octanol–water partition coefficient (Wildman–Crippen LogP) is 2.23. The molecule has 1 unspecified atom stereocenters. The first kappa shape index (κ1) is 22.0. The molecule has 0 radical (unpaired) electrons. The van der Waals surface area contributed by atoms with Gasteiger partial charge in [-0.2, -0.15) is 0 Å². The van der Waals surface area contributed by atoms with Crippen molar-refractivity contribution in [3.05, 3.63) is 63.7 Å². The highest BCUT2D eigenvalue weighted by Crippen LogP contribution is 2.38. The Morgan fingerprint density at radius 3 is 2.52 bits per heavy atom. The third-order valence-corrected chi connectivity index (χ3v) is 5.27. The maximum Gasteiger partial charge on any atom is 0.329 e. The van der Waals surface area contributed by atoms with Gasteiger partial charge in [-0.15, -0.1) is 0 Å². The Labute approximate surface area is 177 Å². The lowest BCUT2D eigenvalue weighted by Gasteiger charge is -2.30. The van der Waals surface area contributed by atoms with E-state index in [0.717, 1.165) is 22.6 Å². The highest BCUT2D eigenvalue weighted by molar-refractivity contribution is 6.02. The number of aliphatic hydroxyl groups is 1. The molecule has 1 saturated heterocycles. The van der Waals surface area contributed by atoms with Crippen LogP contribution >= 0.6 is 0 Å². The lowest BCUT2D eigenvalue weighted by Crippen LogP contribution is -2.50. The summed E-state index contributed by atoms with van der Waals surface area (Å²) >= 11 is 0. The molecule has 0 spiro atoms. The molecule has 0 bridgehead atoms. The number of nitrogens with zero attached hydrogens (tertiary/aromatic N) is 2. The van der Waals surface area contributed by atoms with Gasteiger partial charge in [-0.05, 0) is 12.5 Å². The molecule has 2 N–H and O–H groups in total. The molecule has 0 aliphatic carbocycles. The standard InChI is InChI=1S/C21H22N2O8/c1-21(20(26)27)10-14(24)11-22(21)19(25)15-8-17(30-2)18(9-16(15)23(28)29)31-12-13-6-4-3-5-7-13/h3-9,14,24H,10-12H2,1-2H3,(H,26,27)/t14?,21-/m0/s1. The van der Waals surface area contributed by atoms with Gasteiger partial charge < -0.3 is 24.6 Å². The van der Waals surface area contributed by atoms with E-state index in [9.17, 15) is 29.9 Å². The van der Waals surface area contributed by atoms with Crippen LogP contribution in [0.5, 0.6) is 11.5 Å². The van der Waals surface area contributed by atoms with Crippen molar-refractivity contribution in [3.63, 3.8) is 0 Å². The summed E-state index contributed by atoms with van der Waals surface area (Å²) in [6.07, 6.45) is -1.24. The van der Waals surface area contributed by atoms with E-state index in [2.05, 4.69) is 0 Å². The van der Waals surface area contributed by atoms with Crippen molar-refractivity contribution in [1.29, 1.82) is 0 Å². The van der Waals surface area contributed by atoms with Crippen LogP contribution in [0, 0.1) is 10.1 Å². The minimum absolute atomic E-state index is 0.0667. The fourth-order valence-electron chi connectivity index (χ4n) is 3.58. The molecule has 10 heteroatoms. The second kappa shape index (κ2) is 8.60. The molecule has 2 atom stereocenters. The Balaban J connectivity index is 1.99. The van der Waals surface area contributed by atoms with E-state index in [1.165, 1.54) is 14.0 Å². The number of hydrogen-bond donors (Lipinski definition) is 2. The largest absolute Gasteiger partial charge is 0.493 e. The van der Waals surface area contributed by atoms with Crippen LogP contribution in [-0.4, -0.2) is 57.2 Å². The molecule has 1 amide bonds. The Morgan fingerprint density at radius 2 is 1.94 bits per heavy atom. The van der Waals surface area contributed by atoms with Crippen molar-refractivity contribution in [2.24, 2.45) is 0 Å². The van der Waals surface area contributed by atoms with Crippen molar-refractivity contribution in [1.82, 2.24) is 4.90 Å². The van der Waals surface area contributed by atoms with Gasteiger partial charge >= 0.3 is 5.97 Å². The number of aliphatic carboxylic acids is 1. The average molecular weight is 430 g/mol. The summed E-state index contributed by atoms with van der Waals surface area (Å²) in [7, 11) is 1.33. The number of carbonyl (C=O) groups excluding carboxylic acids is 1. The van der Waals surface area contributed by atoms with Gasteiger partial charge in [0, 0.05) is 19.0 Å². The number of ether oxygens (including phenoxy) is 2. The highest BCUT2D eigenvalue weighted by Gasteiger charge is 2.50. The van der Waals surface area contributed by atoms with Crippen LogP contribution in [0.25, 0.3) is 0 Å². The number of methoxy groups -OCH3 is 1. The molecule has 2 aromatic carbocycles. The first-order valence-corrected chi connectivity index (χ1v) is 9.44. The Morgan fingerprint density at radius 1 is 1.26 bits per heavy atom. The van der Waals surface area contributed by atoms with Crippen LogP contribution in [0.15, 0.2) is 42.5 Å². The van der Waals surface area contributed by atoms with Crippen LogP contribution in [0.1, 0.15) is 29.3 Å². The predicted molar refractivity (Wildman–Crippen MR) is 108 cm³/mol. The molecule has 1 aliphatic heterocycles. The fourth-order valence-corrected chi connectivity index (χ4v) is 3.58. The molecular weight excluding hydrogens is 408 g/mol. The summed E-state index contributed by atoms with van der Waals surface area (Å²) in [4.78, 5) is 36.8. The molecular formula is C21H22N2O8. The van der Waals surface area contributed by atoms with Crippen LogP contribution in [0.4, 0.5) is 5.69 Å². The minimum Gasteiger partial charge on any atom is -0.493 e.